The van der Waals surface area contributed by atoms with Crippen molar-refractivity contribution in [3.63, 3.8) is 0 Å². The van der Waals surface area contributed by atoms with Gasteiger partial charge in [-0.1, -0.05) is 6.07 Å². The zero-order valence-corrected chi connectivity index (χ0v) is 24.2. The zero-order chi connectivity index (χ0) is 26.6. The van der Waals surface area contributed by atoms with Crippen molar-refractivity contribution in [1.29, 1.82) is 0 Å². The Kier molecular flexibility index (Phi) is 6.84. The van der Waals surface area contributed by atoms with Crippen molar-refractivity contribution in [2.24, 2.45) is 5.10 Å². The van der Waals surface area contributed by atoms with Gasteiger partial charge in [0.05, 0.1) is 24.5 Å². The third-order valence-electron chi connectivity index (χ3n) is 8.49. The lowest BCUT2D eigenvalue weighted by Gasteiger charge is -2.28. The third-order valence-corrected chi connectivity index (χ3v) is 9.38. The molecular weight excluding hydrogens is 494 g/mol. The molecule has 6 rings (SSSR count). The van der Waals surface area contributed by atoms with Crippen molar-refractivity contribution in [3.05, 3.63) is 52.0 Å². The Hall–Kier alpha value is -2.65. The van der Waals surface area contributed by atoms with Gasteiger partial charge in [-0.25, -0.2) is 0 Å². The predicted molar refractivity (Wildman–Crippen MR) is 155 cm³/mol. The summed E-state index contributed by atoms with van der Waals surface area (Å²) in [7, 11) is 3.86. The second kappa shape index (κ2) is 10.2. The van der Waals surface area contributed by atoms with Gasteiger partial charge in [0.2, 0.25) is 0 Å². The summed E-state index contributed by atoms with van der Waals surface area (Å²) in [5.41, 5.74) is 10.4. The van der Waals surface area contributed by atoms with Gasteiger partial charge in [-0.05, 0) is 68.8 Å². The van der Waals surface area contributed by atoms with E-state index < -0.39 is 0 Å². The summed E-state index contributed by atoms with van der Waals surface area (Å²) in [5.74, 6) is 1.17. The number of hydrogen-bond acceptors (Lipinski definition) is 7. The fraction of sp³-hybridized carbons (Fsp3) is 0.500. The van der Waals surface area contributed by atoms with E-state index in [1.54, 1.807) is 7.11 Å². The highest BCUT2D eigenvalue weighted by atomic mass is 32.1. The number of nitrogens with zero attached hydrogens (tertiary/aromatic N) is 4. The zero-order valence-electron chi connectivity index (χ0n) is 23.4. The SMILES string of the molecule is COc1cc2c(cc1C1C(C)=NN(C)C1C)-c1c(-c3cccs3)c3c(n1CC2)CON(C(C)C)CCNC3. The van der Waals surface area contributed by atoms with Gasteiger partial charge in [0, 0.05) is 72.5 Å². The largest absolute Gasteiger partial charge is 0.496 e. The molecular formula is C30H39N5O2S. The number of aromatic nitrogens is 1. The Morgan fingerprint density at radius 2 is 2.08 bits per heavy atom. The normalized spacial score (nSPS) is 21.9. The number of nitrogens with one attached hydrogen (secondary N) is 1. The van der Waals surface area contributed by atoms with E-state index in [1.165, 1.54) is 44.1 Å². The number of benzene rings is 1. The third kappa shape index (κ3) is 4.18. The summed E-state index contributed by atoms with van der Waals surface area (Å²) >= 11 is 1.82. The van der Waals surface area contributed by atoms with Gasteiger partial charge in [-0.2, -0.15) is 10.2 Å². The molecule has 3 aliphatic rings. The maximum Gasteiger partial charge on any atom is 0.123 e. The van der Waals surface area contributed by atoms with Crippen LogP contribution in [0.25, 0.3) is 21.7 Å². The van der Waals surface area contributed by atoms with Gasteiger partial charge in [-0.3, -0.25) is 9.85 Å². The summed E-state index contributed by atoms with van der Waals surface area (Å²) in [6.45, 7) is 12.9. The van der Waals surface area contributed by atoms with E-state index in [9.17, 15) is 0 Å². The van der Waals surface area contributed by atoms with Gasteiger partial charge < -0.3 is 14.6 Å². The van der Waals surface area contributed by atoms with Crippen LogP contribution in [-0.2, 0) is 31.0 Å². The van der Waals surface area contributed by atoms with Crippen molar-refractivity contribution >= 4 is 17.0 Å². The first-order valence-corrected chi connectivity index (χ1v) is 14.6. The fourth-order valence-electron chi connectivity index (χ4n) is 6.48. The lowest BCUT2D eigenvalue weighted by molar-refractivity contribution is -0.189. The van der Waals surface area contributed by atoms with E-state index in [4.69, 9.17) is 14.7 Å². The van der Waals surface area contributed by atoms with E-state index in [0.717, 1.165) is 44.1 Å². The predicted octanol–water partition coefficient (Wildman–Crippen LogP) is 5.49. The van der Waals surface area contributed by atoms with Crippen LogP contribution in [-0.4, -0.2) is 59.7 Å². The summed E-state index contributed by atoms with van der Waals surface area (Å²) in [6, 6.07) is 9.73. The van der Waals surface area contributed by atoms with Crippen LogP contribution < -0.4 is 10.1 Å². The second-order valence-corrected chi connectivity index (χ2v) is 11.9. The van der Waals surface area contributed by atoms with Gasteiger partial charge in [0.1, 0.15) is 12.4 Å². The lowest BCUT2D eigenvalue weighted by Crippen LogP contribution is -2.36. The number of methoxy groups -OCH3 is 1. The molecule has 1 aromatic carbocycles. The van der Waals surface area contributed by atoms with Crippen molar-refractivity contribution in [3.8, 4) is 27.4 Å². The molecule has 3 aliphatic heterocycles. The molecule has 0 saturated heterocycles. The average Bonchev–Trinajstić information content (AvgIpc) is 3.60. The van der Waals surface area contributed by atoms with E-state index in [-0.39, 0.29) is 12.0 Å². The Balaban J connectivity index is 1.56. The molecule has 2 atom stereocenters. The number of thiophene rings is 1. The Morgan fingerprint density at radius 3 is 2.76 bits per heavy atom. The topological polar surface area (TPSA) is 54.3 Å². The van der Waals surface area contributed by atoms with Crippen molar-refractivity contribution in [2.45, 2.75) is 71.8 Å². The Labute approximate surface area is 230 Å². The standard InChI is InChI=1S/C30H39N5O2S/c1-18(2)35-12-10-31-16-24-25(17-37-35)34-11-9-21-14-26(36-6)23(28-19(3)32-33(5)20(28)4)15-22(21)30(34)29(24)27-8-7-13-38-27/h7-8,13-15,18,20,28,31H,9-12,16-17H2,1-6H3. The number of aryl methyl sites for hydroxylation is 1. The lowest BCUT2D eigenvalue weighted by atomic mass is 9.84. The summed E-state index contributed by atoms with van der Waals surface area (Å²) in [6.07, 6.45) is 0.971. The molecule has 0 aliphatic carbocycles. The van der Waals surface area contributed by atoms with E-state index in [2.05, 4.69) is 84.3 Å². The first-order valence-electron chi connectivity index (χ1n) is 13.8. The molecule has 3 aromatic rings. The smallest absolute Gasteiger partial charge is 0.123 e. The molecule has 2 aromatic heterocycles. The number of rotatable bonds is 4. The summed E-state index contributed by atoms with van der Waals surface area (Å²) < 4.78 is 8.54. The van der Waals surface area contributed by atoms with Crippen LogP contribution in [0.2, 0.25) is 0 Å². The molecule has 7 nitrogen and oxygen atoms in total. The number of hydrogen-bond donors (Lipinski definition) is 1. The fourth-order valence-corrected chi connectivity index (χ4v) is 7.28. The molecule has 202 valence electrons. The van der Waals surface area contributed by atoms with Gasteiger partial charge in [0.25, 0.3) is 0 Å². The minimum absolute atomic E-state index is 0.199. The van der Waals surface area contributed by atoms with Crippen molar-refractivity contribution in [1.82, 2.24) is 20.0 Å². The highest BCUT2D eigenvalue weighted by molar-refractivity contribution is 7.13. The van der Waals surface area contributed by atoms with E-state index in [1.807, 2.05) is 11.3 Å². The summed E-state index contributed by atoms with van der Waals surface area (Å²) in [4.78, 5) is 7.77. The molecule has 2 unspecified atom stereocenters. The number of hydrazone groups is 1. The van der Waals surface area contributed by atoms with Crippen LogP contribution in [0.3, 0.4) is 0 Å². The first kappa shape index (κ1) is 25.6. The molecule has 38 heavy (non-hydrogen) atoms. The van der Waals surface area contributed by atoms with Crippen LogP contribution in [0.15, 0.2) is 34.7 Å². The number of likely N-dealkylation sites (N-methyl/N-ethyl adjacent to an activating group) is 1. The molecule has 5 heterocycles. The Morgan fingerprint density at radius 1 is 1.24 bits per heavy atom. The quantitative estimate of drug-likeness (QED) is 0.481. The molecule has 8 heteroatoms. The van der Waals surface area contributed by atoms with Crippen LogP contribution in [0.5, 0.6) is 5.75 Å². The van der Waals surface area contributed by atoms with Crippen molar-refractivity contribution < 1.29 is 9.57 Å². The summed E-state index contributed by atoms with van der Waals surface area (Å²) in [5, 5.41) is 14.9. The maximum atomic E-state index is 6.45. The van der Waals surface area contributed by atoms with Gasteiger partial charge in [-0.15, -0.1) is 11.3 Å². The highest BCUT2D eigenvalue weighted by Crippen LogP contribution is 2.48. The van der Waals surface area contributed by atoms with Crippen LogP contribution in [0.4, 0.5) is 0 Å². The Bertz CT molecular complexity index is 1360. The van der Waals surface area contributed by atoms with Crippen molar-refractivity contribution in [2.75, 3.05) is 27.2 Å². The maximum absolute atomic E-state index is 6.45. The molecule has 0 fully saturated rings. The number of fused-ring (bicyclic) bond motifs is 5. The minimum Gasteiger partial charge on any atom is -0.496 e. The molecule has 0 saturated carbocycles. The molecule has 0 spiro atoms. The number of ether oxygens (including phenoxy) is 1. The highest BCUT2D eigenvalue weighted by Gasteiger charge is 2.36. The molecule has 0 amide bonds. The average molecular weight is 534 g/mol. The van der Waals surface area contributed by atoms with E-state index >= 15 is 0 Å². The van der Waals surface area contributed by atoms with Gasteiger partial charge in [0.15, 0.2) is 0 Å². The first-order chi connectivity index (χ1) is 18.4. The van der Waals surface area contributed by atoms with Crippen LogP contribution >= 0.6 is 11.3 Å². The number of hydroxylamine groups is 2. The van der Waals surface area contributed by atoms with Gasteiger partial charge >= 0.3 is 0 Å². The van der Waals surface area contributed by atoms with Crippen LogP contribution in [0.1, 0.15) is 56.0 Å². The molecule has 1 N–H and O–H groups in total. The van der Waals surface area contributed by atoms with E-state index in [0.29, 0.717) is 12.6 Å². The molecule has 0 radical (unpaired) electrons. The minimum atomic E-state index is 0.199. The monoisotopic (exact) mass is 533 g/mol. The molecule has 0 bridgehead atoms. The second-order valence-electron chi connectivity index (χ2n) is 11.0. The van der Waals surface area contributed by atoms with Crippen LogP contribution in [0, 0.1) is 0 Å².